The molecule has 112 valence electrons. The van der Waals surface area contributed by atoms with Gasteiger partial charge in [-0.2, -0.15) is 24.9 Å². The molecular weight excluding hydrogens is 293 g/mol. The van der Waals surface area contributed by atoms with Gasteiger partial charge in [-0.05, 0) is 30.4 Å². The average Bonchev–Trinajstić information content (AvgIpc) is 2.36. The highest BCUT2D eigenvalue weighted by Gasteiger charge is 2.30. The monoisotopic (exact) mass is 308 g/mol. The van der Waals surface area contributed by atoms with Crippen molar-refractivity contribution in [3.05, 3.63) is 23.8 Å². The van der Waals surface area contributed by atoms with Gasteiger partial charge in [0, 0.05) is 6.61 Å². The first kappa shape index (κ1) is 16.6. The fourth-order valence-electron chi connectivity index (χ4n) is 1.37. The van der Waals surface area contributed by atoms with Crippen molar-refractivity contribution in [1.29, 1.82) is 0 Å². The summed E-state index contributed by atoms with van der Waals surface area (Å²) in [6.07, 6.45) is -3.88. The van der Waals surface area contributed by atoms with Crippen LogP contribution in [0.2, 0.25) is 0 Å². The zero-order valence-corrected chi connectivity index (χ0v) is 11.4. The Morgan fingerprint density at radius 3 is 2.65 bits per heavy atom. The molecule has 8 heteroatoms. The lowest BCUT2D eigenvalue weighted by atomic mass is 10.1. The van der Waals surface area contributed by atoms with Crippen molar-refractivity contribution in [1.82, 2.24) is 0 Å². The largest absolute Gasteiger partial charge is 0.416 e. The van der Waals surface area contributed by atoms with Crippen molar-refractivity contribution >= 4 is 29.0 Å². The molecule has 4 N–H and O–H groups in total. The third-order valence-corrected chi connectivity index (χ3v) is 3.38. The van der Waals surface area contributed by atoms with Crippen LogP contribution < -0.4 is 11.1 Å². The van der Waals surface area contributed by atoms with Crippen LogP contribution in [-0.2, 0) is 11.0 Å². The Morgan fingerprint density at radius 1 is 1.40 bits per heavy atom. The molecule has 0 bridgehead atoms. The van der Waals surface area contributed by atoms with Crippen LogP contribution in [-0.4, -0.2) is 29.1 Å². The predicted octanol–water partition coefficient (Wildman–Crippen LogP) is 2.34. The number of benzene rings is 1. The van der Waals surface area contributed by atoms with Crippen molar-refractivity contribution in [2.45, 2.75) is 12.6 Å². The summed E-state index contributed by atoms with van der Waals surface area (Å²) in [5.74, 6) is 0.437. The number of amides is 1. The van der Waals surface area contributed by atoms with Gasteiger partial charge in [-0.25, -0.2) is 0 Å². The van der Waals surface area contributed by atoms with E-state index in [-0.39, 0.29) is 29.6 Å². The number of halogens is 3. The maximum Gasteiger partial charge on any atom is 0.416 e. The first-order valence-corrected chi connectivity index (χ1v) is 6.95. The third kappa shape index (κ3) is 5.30. The van der Waals surface area contributed by atoms with E-state index in [1.807, 2.05) is 0 Å². The van der Waals surface area contributed by atoms with Crippen LogP contribution in [0, 0.1) is 0 Å². The first-order chi connectivity index (χ1) is 9.34. The molecule has 0 fully saturated rings. The maximum atomic E-state index is 12.4. The van der Waals surface area contributed by atoms with E-state index < -0.39 is 11.7 Å². The molecule has 1 aromatic rings. The highest BCUT2D eigenvalue weighted by molar-refractivity contribution is 7.99. The van der Waals surface area contributed by atoms with Gasteiger partial charge < -0.3 is 16.2 Å². The van der Waals surface area contributed by atoms with Crippen molar-refractivity contribution < 1.29 is 23.1 Å². The van der Waals surface area contributed by atoms with Gasteiger partial charge >= 0.3 is 6.18 Å². The second kappa shape index (κ2) is 7.39. The van der Waals surface area contributed by atoms with Gasteiger partial charge in [0.2, 0.25) is 5.91 Å². The van der Waals surface area contributed by atoms with Crippen molar-refractivity contribution in [3.63, 3.8) is 0 Å². The van der Waals surface area contributed by atoms with E-state index in [1.165, 1.54) is 11.8 Å². The van der Waals surface area contributed by atoms with Crippen LogP contribution in [0.3, 0.4) is 0 Å². The van der Waals surface area contributed by atoms with Crippen LogP contribution in [0.15, 0.2) is 18.2 Å². The zero-order chi connectivity index (χ0) is 15.2. The lowest BCUT2D eigenvalue weighted by Crippen LogP contribution is -2.16. The minimum Gasteiger partial charge on any atom is -0.397 e. The Kier molecular flexibility index (Phi) is 6.15. The molecule has 1 aromatic carbocycles. The first-order valence-electron chi connectivity index (χ1n) is 5.79. The smallest absolute Gasteiger partial charge is 0.397 e. The molecule has 0 radical (unpaired) electrons. The fraction of sp³-hybridized carbons (Fsp3) is 0.417. The van der Waals surface area contributed by atoms with E-state index in [0.29, 0.717) is 12.2 Å². The van der Waals surface area contributed by atoms with Gasteiger partial charge in [0.1, 0.15) is 0 Å². The molecular formula is C12H15F3N2O2S. The number of nitrogens with one attached hydrogen (secondary N) is 1. The van der Waals surface area contributed by atoms with Gasteiger partial charge in [-0.1, -0.05) is 0 Å². The van der Waals surface area contributed by atoms with E-state index >= 15 is 0 Å². The van der Waals surface area contributed by atoms with Gasteiger partial charge in [0.25, 0.3) is 0 Å². The number of aliphatic hydroxyl groups is 1. The molecule has 0 saturated carbocycles. The molecule has 0 aromatic heterocycles. The van der Waals surface area contributed by atoms with Crippen LogP contribution in [0.5, 0.6) is 0 Å². The number of rotatable bonds is 6. The van der Waals surface area contributed by atoms with E-state index in [1.54, 1.807) is 0 Å². The minimum absolute atomic E-state index is 0.0560. The summed E-state index contributed by atoms with van der Waals surface area (Å²) in [5.41, 5.74) is 4.66. The third-order valence-electron chi connectivity index (χ3n) is 2.33. The zero-order valence-electron chi connectivity index (χ0n) is 10.5. The lowest BCUT2D eigenvalue weighted by molar-refractivity contribution is -0.137. The summed E-state index contributed by atoms with van der Waals surface area (Å²) >= 11 is 1.33. The van der Waals surface area contributed by atoms with Crippen LogP contribution in [0.4, 0.5) is 24.5 Å². The molecule has 0 heterocycles. The number of hydrogen-bond acceptors (Lipinski definition) is 4. The van der Waals surface area contributed by atoms with Gasteiger partial charge in [-0.15, -0.1) is 0 Å². The lowest BCUT2D eigenvalue weighted by Gasteiger charge is -2.11. The number of carbonyl (C=O) groups is 1. The molecule has 0 aliphatic heterocycles. The summed E-state index contributed by atoms with van der Waals surface area (Å²) in [5, 5.41) is 11.0. The van der Waals surface area contributed by atoms with Crippen LogP contribution >= 0.6 is 11.8 Å². The van der Waals surface area contributed by atoms with E-state index in [4.69, 9.17) is 10.8 Å². The summed E-state index contributed by atoms with van der Waals surface area (Å²) in [4.78, 5) is 11.5. The number of nitrogens with two attached hydrogens (primary N) is 1. The molecule has 0 aliphatic rings. The molecule has 1 rings (SSSR count). The summed E-state index contributed by atoms with van der Waals surface area (Å²) in [6, 6.07) is 2.79. The molecule has 0 spiro atoms. The Balaban J connectivity index is 2.58. The Labute approximate surface area is 118 Å². The normalized spacial score (nSPS) is 11.4. The predicted molar refractivity (Wildman–Crippen MR) is 73.5 cm³/mol. The molecule has 0 aliphatic carbocycles. The second-order valence-corrected chi connectivity index (χ2v) is 5.08. The standard InChI is InChI=1S/C12H15F3N2O2S/c13-12(14,15)8-2-3-10(9(16)6-8)17-11(19)7-20-5-1-4-18/h2-3,6,18H,1,4-5,7,16H2,(H,17,19). The number of alkyl halides is 3. The molecule has 0 atom stereocenters. The number of hydrogen-bond donors (Lipinski definition) is 3. The summed E-state index contributed by atoms with van der Waals surface area (Å²) in [7, 11) is 0. The molecule has 0 unspecified atom stereocenters. The number of aliphatic hydroxyl groups excluding tert-OH is 1. The van der Waals surface area contributed by atoms with Crippen LogP contribution in [0.1, 0.15) is 12.0 Å². The molecule has 20 heavy (non-hydrogen) atoms. The molecule has 0 saturated heterocycles. The summed E-state index contributed by atoms with van der Waals surface area (Å²) < 4.78 is 37.3. The van der Waals surface area contributed by atoms with Crippen molar-refractivity contribution in [2.24, 2.45) is 0 Å². The number of anilines is 2. The molecule has 4 nitrogen and oxygen atoms in total. The van der Waals surface area contributed by atoms with E-state index in [2.05, 4.69) is 5.32 Å². The van der Waals surface area contributed by atoms with E-state index in [9.17, 15) is 18.0 Å². The summed E-state index contributed by atoms with van der Waals surface area (Å²) in [6.45, 7) is 0.0560. The molecule has 1 amide bonds. The van der Waals surface area contributed by atoms with Crippen molar-refractivity contribution in [3.8, 4) is 0 Å². The number of thioether (sulfide) groups is 1. The maximum absolute atomic E-state index is 12.4. The quantitative estimate of drug-likeness (QED) is 0.557. The van der Waals surface area contributed by atoms with Gasteiger partial charge in [0.05, 0.1) is 22.7 Å². The topological polar surface area (TPSA) is 75.3 Å². The number of nitrogen functional groups attached to an aromatic ring is 1. The second-order valence-electron chi connectivity index (χ2n) is 3.98. The Bertz CT molecular complexity index is 467. The minimum atomic E-state index is -4.46. The average molecular weight is 308 g/mol. The Morgan fingerprint density at radius 2 is 2.10 bits per heavy atom. The van der Waals surface area contributed by atoms with Gasteiger partial charge in [0.15, 0.2) is 0 Å². The number of carbonyl (C=O) groups excluding carboxylic acids is 1. The fourth-order valence-corrected chi connectivity index (χ4v) is 2.11. The highest BCUT2D eigenvalue weighted by atomic mass is 32.2. The van der Waals surface area contributed by atoms with Crippen molar-refractivity contribution in [2.75, 3.05) is 29.2 Å². The van der Waals surface area contributed by atoms with E-state index in [0.717, 1.165) is 18.2 Å². The van der Waals surface area contributed by atoms with Gasteiger partial charge in [-0.3, -0.25) is 4.79 Å². The SMILES string of the molecule is Nc1cc(C(F)(F)F)ccc1NC(=O)CSCCCO. The van der Waals surface area contributed by atoms with Crippen LogP contribution in [0.25, 0.3) is 0 Å². The highest BCUT2D eigenvalue weighted by Crippen LogP contribution is 2.32. The Hall–Kier alpha value is -1.41.